The number of aryl methyl sites for hydroxylation is 1. The molecule has 0 spiro atoms. The minimum Gasteiger partial charge on any atom is -0.507 e. The van der Waals surface area contributed by atoms with Crippen LogP contribution in [0.25, 0.3) is 0 Å². The monoisotopic (exact) mass is 330 g/mol. The van der Waals surface area contributed by atoms with E-state index in [0.29, 0.717) is 11.5 Å². The second kappa shape index (κ2) is 6.79. The van der Waals surface area contributed by atoms with E-state index in [0.717, 1.165) is 37.9 Å². The number of epoxide rings is 1. The van der Waals surface area contributed by atoms with E-state index < -0.39 is 0 Å². The maximum Gasteiger partial charge on any atom is 0.123 e. The van der Waals surface area contributed by atoms with Crippen LogP contribution in [0.1, 0.15) is 69.9 Å². The summed E-state index contributed by atoms with van der Waals surface area (Å²) in [6.45, 7) is 7.23. The van der Waals surface area contributed by atoms with Crippen LogP contribution in [0.15, 0.2) is 23.8 Å². The molecule has 3 atom stereocenters. The van der Waals surface area contributed by atoms with Crippen molar-refractivity contribution in [3.05, 3.63) is 34.9 Å². The average Bonchev–Trinajstić information content (AvgIpc) is 3.25. The Morgan fingerprint density at radius 2 is 1.88 bits per heavy atom. The zero-order valence-electron chi connectivity index (χ0n) is 15.1. The molecule has 2 aliphatic rings. The Bertz CT molecular complexity index is 605. The van der Waals surface area contributed by atoms with Crippen molar-refractivity contribution in [2.45, 2.75) is 70.8 Å². The molecule has 1 saturated heterocycles. The molecule has 3 heteroatoms. The van der Waals surface area contributed by atoms with Gasteiger partial charge in [0.05, 0.1) is 12.2 Å². The third kappa shape index (κ3) is 3.46. The summed E-state index contributed by atoms with van der Waals surface area (Å²) in [6, 6.07) is 3.69. The molecule has 2 N–H and O–H groups in total. The van der Waals surface area contributed by atoms with Gasteiger partial charge in [0.2, 0.25) is 0 Å². The van der Waals surface area contributed by atoms with Crippen molar-refractivity contribution in [2.75, 3.05) is 6.61 Å². The number of hydrogen-bond acceptors (Lipinski definition) is 3. The van der Waals surface area contributed by atoms with Crippen molar-refractivity contribution in [3.8, 4) is 11.5 Å². The zero-order valence-corrected chi connectivity index (χ0v) is 15.1. The molecule has 1 fully saturated rings. The molecule has 1 aromatic rings. The zero-order chi connectivity index (χ0) is 17.3. The van der Waals surface area contributed by atoms with E-state index in [9.17, 15) is 10.2 Å². The highest BCUT2D eigenvalue weighted by Crippen LogP contribution is 2.52. The first-order chi connectivity index (χ1) is 11.4. The number of rotatable bonds is 6. The van der Waals surface area contributed by atoms with Gasteiger partial charge in [-0.15, -0.1) is 0 Å². The predicted octanol–water partition coefficient (Wildman–Crippen LogP) is 5.06. The molecule has 1 aromatic carbocycles. The molecule has 132 valence electrons. The molecule has 0 saturated carbocycles. The van der Waals surface area contributed by atoms with Crippen molar-refractivity contribution in [3.63, 3.8) is 0 Å². The fraction of sp³-hybridized carbons (Fsp3) is 0.619. The minimum absolute atomic E-state index is 0.0240. The molecule has 3 rings (SSSR count). The maximum absolute atomic E-state index is 10.6. The smallest absolute Gasteiger partial charge is 0.123 e. The number of benzene rings is 1. The number of phenolic OH excluding ortho intramolecular Hbond substituents is 2. The van der Waals surface area contributed by atoms with Crippen LogP contribution in [-0.4, -0.2) is 22.4 Å². The van der Waals surface area contributed by atoms with Crippen LogP contribution in [0, 0.1) is 5.92 Å². The summed E-state index contributed by atoms with van der Waals surface area (Å²) in [6.07, 6.45) is 8.66. The van der Waals surface area contributed by atoms with Crippen LogP contribution in [0.2, 0.25) is 0 Å². The third-order valence-corrected chi connectivity index (χ3v) is 5.73. The first-order valence-corrected chi connectivity index (χ1v) is 9.30. The van der Waals surface area contributed by atoms with Gasteiger partial charge >= 0.3 is 0 Å². The molecule has 0 aromatic heterocycles. The Balaban J connectivity index is 1.90. The number of allylic oxidation sites excluding steroid dienone is 2. The van der Waals surface area contributed by atoms with Gasteiger partial charge in [0.15, 0.2) is 0 Å². The SMILES string of the molecule is CCCCCc1cc(O)c([C@@H]2C=C(C)CC[C@H]2[C@]2(C)CO2)c(O)c1. The fourth-order valence-corrected chi connectivity index (χ4v) is 4.11. The summed E-state index contributed by atoms with van der Waals surface area (Å²) >= 11 is 0. The normalized spacial score (nSPS) is 29.4. The standard InChI is InChI=1S/C21H30O3/c1-4-5-6-7-15-11-18(22)20(19(23)12-15)16-10-14(2)8-9-17(16)21(3)13-24-21/h10-12,16-17,22-23H,4-9,13H2,1-3H3/t16-,17-,21+/m1/s1. The van der Waals surface area contributed by atoms with Gasteiger partial charge in [0.25, 0.3) is 0 Å². The molecule has 0 amide bonds. The van der Waals surface area contributed by atoms with Gasteiger partial charge in [0, 0.05) is 17.4 Å². The molecule has 1 aliphatic carbocycles. The lowest BCUT2D eigenvalue weighted by Crippen LogP contribution is -2.29. The van der Waals surface area contributed by atoms with Crippen molar-refractivity contribution < 1.29 is 14.9 Å². The van der Waals surface area contributed by atoms with Crippen molar-refractivity contribution in [1.29, 1.82) is 0 Å². The van der Waals surface area contributed by atoms with Crippen LogP contribution >= 0.6 is 0 Å². The maximum atomic E-state index is 10.6. The summed E-state index contributed by atoms with van der Waals surface area (Å²) in [7, 11) is 0. The van der Waals surface area contributed by atoms with Crippen LogP contribution in [0.4, 0.5) is 0 Å². The Kier molecular flexibility index (Phi) is 4.91. The molecule has 3 nitrogen and oxygen atoms in total. The Morgan fingerprint density at radius 1 is 1.21 bits per heavy atom. The van der Waals surface area contributed by atoms with E-state index in [-0.39, 0.29) is 23.0 Å². The van der Waals surface area contributed by atoms with E-state index in [1.165, 1.54) is 18.4 Å². The van der Waals surface area contributed by atoms with Crippen LogP contribution < -0.4 is 0 Å². The summed E-state index contributed by atoms with van der Waals surface area (Å²) < 4.78 is 5.70. The Labute approximate surface area is 145 Å². The molecule has 1 heterocycles. The summed E-state index contributed by atoms with van der Waals surface area (Å²) in [5.41, 5.74) is 2.91. The lowest BCUT2D eigenvalue weighted by Gasteiger charge is -2.33. The second-order valence-corrected chi connectivity index (χ2v) is 7.79. The minimum atomic E-state index is -0.111. The number of ether oxygens (including phenoxy) is 1. The van der Waals surface area contributed by atoms with E-state index in [2.05, 4.69) is 26.8 Å². The first kappa shape index (κ1) is 17.3. The topological polar surface area (TPSA) is 53.0 Å². The van der Waals surface area contributed by atoms with E-state index >= 15 is 0 Å². The quantitative estimate of drug-likeness (QED) is 0.435. The van der Waals surface area contributed by atoms with Gasteiger partial charge in [0.1, 0.15) is 11.5 Å². The van der Waals surface area contributed by atoms with Gasteiger partial charge in [-0.3, -0.25) is 0 Å². The lowest BCUT2D eigenvalue weighted by molar-refractivity contribution is 0.201. The van der Waals surface area contributed by atoms with E-state index in [1.54, 1.807) is 0 Å². The van der Waals surface area contributed by atoms with Gasteiger partial charge < -0.3 is 14.9 Å². The predicted molar refractivity (Wildman–Crippen MR) is 96.6 cm³/mol. The number of unbranched alkanes of at least 4 members (excludes halogenated alkanes) is 2. The van der Waals surface area contributed by atoms with Gasteiger partial charge in [-0.1, -0.05) is 31.4 Å². The highest BCUT2D eigenvalue weighted by Gasteiger charge is 2.51. The summed E-state index contributed by atoms with van der Waals surface area (Å²) in [5.74, 6) is 0.790. The Hall–Kier alpha value is -1.48. The van der Waals surface area contributed by atoms with Crippen molar-refractivity contribution in [1.82, 2.24) is 0 Å². The molecule has 1 aliphatic heterocycles. The second-order valence-electron chi connectivity index (χ2n) is 7.79. The molecule has 0 radical (unpaired) electrons. The molecule has 24 heavy (non-hydrogen) atoms. The van der Waals surface area contributed by atoms with Gasteiger partial charge in [-0.2, -0.15) is 0 Å². The van der Waals surface area contributed by atoms with Gasteiger partial charge in [-0.05, 0) is 57.2 Å². The summed E-state index contributed by atoms with van der Waals surface area (Å²) in [4.78, 5) is 0. The lowest BCUT2D eigenvalue weighted by atomic mass is 9.71. The number of hydrogen-bond donors (Lipinski definition) is 2. The van der Waals surface area contributed by atoms with E-state index in [4.69, 9.17) is 4.74 Å². The molecule has 0 unspecified atom stereocenters. The fourth-order valence-electron chi connectivity index (χ4n) is 4.11. The highest BCUT2D eigenvalue weighted by atomic mass is 16.6. The van der Waals surface area contributed by atoms with Crippen LogP contribution in [0.5, 0.6) is 11.5 Å². The van der Waals surface area contributed by atoms with Crippen LogP contribution in [-0.2, 0) is 11.2 Å². The molecule has 0 bridgehead atoms. The van der Waals surface area contributed by atoms with Gasteiger partial charge in [-0.25, -0.2) is 0 Å². The number of aromatic hydroxyl groups is 2. The number of phenols is 2. The van der Waals surface area contributed by atoms with Crippen LogP contribution in [0.3, 0.4) is 0 Å². The molecular weight excluding hydrogens is 300 g/mol. The first-order valence-electron chi connectivity index (χ1n) is 9.30. The largest absolute Gasteiger partial charge is 0.507 e. The van der Waals surface area contributed by atoms with E-state index in [1.807, 2.05) is 12.1 Å². The Morgan fingerprint density at radius 3 is 2.46 bits per heavy atom. The highest BCUT2D eigenvalue weighted by molar-refractivity contribution is 5.51. The molecular formula is C21H30O3. The third-order valence-electron chi connectivity index (χ3n) is 5.73. The average molecular weight is 330 g/mol. The summed E-state index contributed by atoms with van der Waals surface area (Å²) in [5, 5.41) is 21.3. The van der Waals surface area contributed by atoms with Crippen molar-refractivity contribution in [2.24, 2.45) is 5.92 Å². The van der Waals surface area contributed by atoms with Crippen molar-refractivity contribution >= 4 is 0 Å².